The molecule has 2 nitrogen and oxygen atoms in total. The van der Waals surface area contributed by atoms with Crippen molar-refractivity contribution in [3.05, 3.63) is 0 Å². The van der Waals surface area contributed by atoms with Crippen molar-refractivity contribution in [2.75, 3.05) is 26.3 Å². The molecule has 0 unspecified atom stereocenters. The molecule has 0 radical (unpaired) electrons. The Morgan fingerprint density at radius 1 is 1.13 bits per heavy atom. The van der Waals surface area contributed by atoms with Crippen molar-refractivity contribution in [3.63, 3.8) is 0 Å². The molecule has 1 atom stereocenters. The Hall–Kier alpha value is -0.0800. The van der Waals surface area contributed by atoms with Crippen LogP contribution in [-0.2, 0) is 4.74 Å². The molecule has 15 heavy (non-hydrogen) atoms. The van der Waals surface area contributed by atoms with E-state index in [1.807, 2.05) is 0 Å². The van der Waals surface area contributed by atoms with Gasteiger partial charge >= 0.3 is 0 Å². The van der Waals surface area contributed by atoms with E-state index in [2.05, 4.69) is 18.7 Å². The van der Waals surface area contributed by atoms with Gasteiger partial charge in [-0.2, -0.15) is 0 Å². The maximum absolute atomic E-state index is 5.44. The summed E-state index contributed by atoms with van der Waals surface area (Å²) in [6, 6.07) is 0.820. The standard InChI is InChI=1S/C13H25NO/c1-11(2)12-4-3-7-14(10-12)13-5-8-15-9-6-13/h11-13H,3-10H2,1-2H3/t12-/m1/s1. The van der Waals surface area contributed by atoms with Crippen LogP contribution in [0.25, 0.3) is 0 Å². The van der Waals surface area contributed by atoms with Gasteiger partial charge in [0.15, 0.2) is 0 Å². The second-order valence-electron chi connectivity index (χ2n) is 5.48. The Kier molecular flexibility index (Phi) is 4.04. The summed E-state index contributed by atoms with van der Waals surface area (Å²) >= 11 is 0. The minimum atomic E-state index is 0.820. The van der Waals surface area contributed by atoms with Crippen molar-refractivity contribution in [1.82, 2.24) is 4.90 Å². The lowest BCUT2D eigenvalue weighted by atomic mass is 9.86. The summed E-state index contributed by atoms with van der Waals surface area (Å²) in [5.41, 5.74) is 0. The molecule has 2 heterocycles. The first-order chi connectivity index (χ1) is 7.27. The maximum Gasteiger partial charge on any atom is 0.0480 e. The van der Waals surface area contributed by atoms with E-state index in [0.29, 0.717) is 0 Å². The van der Waals surface area contributed by atoms with Gasteiger partial charge in [-0.1, -0.05) is 13.8 Å². The molecule has 0 aliphatic carbocycles. The number of ether oxygens (including phenoxy) is 1. The van der Waals surface area contributed by atoms with E-state index in [-0.39, 0.29) is 0 Å². The minimum Gasteiger partial charge on any atom is -0.381 e. The van der Waals surface area contributed by atoms with E-state index in [0.717, 1.165) is 31.1 Å². The molecule has 88 valence electrons. The Balaban J connectivity index is 1.85. The third kappa shape index (κ3) is 2.94. The lowest BCUT2D eigenvalue weighted by Gasteiger charge is -2.41. The van der Waals surface area contributed by atoms with Gasteiger partial charge in [-0.3, -0.25) is 4.90 Å². The van der Waals surface area contributed by atoms with Gasteiger partial charge < -0.3 is 4.74 Å². The van der Waals surface area contributed by atoms with Crippen LogP contribution in [-0.4, -0.2) is 37.2 Å². The number of rotatable bonds is 2. The largest absolute Gasteiger partial charge is 0.381 e. The van der Waals surface area contributed by atoms with Gasteiger partial charge in [-0.15, -0.1) is 0 Å². The Labute approximate surface area is 94.0 Å². The molecule has 0 N–H and O–H groups in total. The van der Waals surface area contributed by atoms with Crippen molar-refractivity contribution in [1.29, 1.82) is 0 Å². The molecule has 0 spiro atoms. The van der Waals surface area contributed by atoms with Crippen LogP contribution in [0, 0.1) is 11.8 Å². The molecule has 0 aromatic rings. The van der Waals surface area contributed by atoms with Crippen LogP contribution < -0.4 is 0 Å². The summed E-state index contributed by atoms with van der Waals surface area (Å²) in [6.07, 6.45) is 5.35. The summed E-state index contributed by atoms with van der Waals surface area (Å²) < 4.78 is 5.44. The van der Waals surface area contributed by atoms with Crippen LogP contribution >= 0.6 is 0 Å². The summed E-state index contributed by atoms with van der Waals surface area (Å²) in [5, 5.41) is 0. The number of likely N-dealkylation sites (tertiary alicyclic amines) is 1. The zero-order chi connectivity index (χ0) is 10.7. The van der Waals surface area contributed by atoms with E-state index in [1.165, 1.54) is 38.8 Å². The lowest BCUT2D eigenvalue weighted by Crippen LogP contribution is -2.46. The second kappa shape index (κ2) is 5.31. The fraction of sp³-hybridized carbons (Fsp3) is 1.00. The topological polar surface area (TPSA) is 12.5 Å². The molecule has 0 bridgehead atoms. The van der Waals surface area contributed by atoms with Gasteiger partial charge in [0.2, 0.25) is 0 Å². The Bertz CT molecular complexity index is 187. The first-order valence-corrected chi connectivity index (χ1v) is 6.59. The zero-order valence-electron chi connectivity index (χ0n) is 10.2. The third-order valence-electron chi connectivity index (χ3n) is 4.14. The molecule has 2 heteroatoms. The fourth-order valence-corrected chi connectivity index (χ4v) is 2.97. The van der Waals surface area contributed by atoms with Gasteiger partial charge in [-0.05, 0) is 44.1 Å². The third-order valence-corrected chi connectivity index (χ3v) is 4.14. The van der Waals surface area contributed by atoms with Gasteiger partial charge in [0.05, 0.1) is 0 Å². The van der Waals surface area contributed by atoms with Crippen LogP contribution in [0.5, 0.6) is 0 Å². The SMILES string of the molecule is CC(C)[C@@H]1CCCN(C2CCOCC2)C1. The van der Waals surface area contributed by atoms with Crippen LogP contribution in [0.1, 0.15) is 39.5 Å². The average molecular weight is 211 g/mol. The van der Waals surface area contributed by atoms with Crippen molar-refractivity contribution in [2.24, 2.45) is 11.8 Å². The van der Waals surface area contributed by atoms with E-state index < -0.39 is 0 Å². The van der Waals surface area contributed by atoms with Crippen molar-refractivity contribution in [2.45, 2.75) is 45.6 Å². The molecule has 2 aliphatic rings. The average Bonchev–Trinajstić information content (AvgIpc) is 2.30. The number of hydrogen-bond donors (Lipinski definition) is 0. The summed E-state index contributed by atoms with van der Waals surface area (Å²) in [6.45, 7) is 9.37. The highest BCUT2D eigenvalue weighted by Gasteiger charge is 2.28. The molecule has 0 amide bonds. The highest BCUT2D eigenvalue weighted by molar-refractivity contribution is 4.81. The highest BCUT2D eigenvalue weighted by atomic mass is 16.5. The second-order valence-corrected chi connectivity index (χ2v) is 5.48. The zero-order valence-corrected chi connectivity index (χ0v) is 10.2. The Morgan fingerprint density at radius 3 is 2.53 bits per heavy atom. The smallest absolute Gasteiger partial charge is 0.0480 e. The van der Waals surface area contributed by atoms with Crippen LogP contribution in [0.15, 0.2) is 0 Å². The normalized spacial score (nSPS) is 31.0. The van der Waals surface area contributed by atoms with E-state index in [1.54, 1.807) is 0 Å². The van der Waals surface area contributed by atoms with E-state index >= 15 is 0 Å². The monoisotopic (exact) mass is 211 g/mol. The molecule has 0 saturated carbocycles. The molecule has 2 rings (SSSR count). The molecule has 2 saturated heterocycles. The summed E-state index contributed by atoms with van der Waals surface area (Å²) in [7, 11) is 0. The molecular formula is C13H25NO. The van der Waals surface area contributed by atoms with Crippen LogP contribution in [0.2, 0.25) is 0 Å². The molecule has 0 aromatic carbocycles. The molecule has 0 aromatic heterocycles. The van der Waals surface area contributed by atoms with Gasteiger partial charge in [-0.25, -0.2) is 0 Å². The van der Waals surface area contributed by atoms with Crippen LogP contribution in [0.4, 0.5) is 0 Å². The van der Waals surface area contributed by atoms with Crippen LogP contribution in [0.3, 0.4) is 0 Å². The fourth-order valence-electron chi connectivity index (χ4n) is 2.97. The minimum absolute atomic E-state index is 0.820. The predicted octanol–water partition coefficient (Wildman–Crippen LogP) is 2.53. The number of nitrogens with zero attached hydrogens (tertiary/aromatic N) is 1. The summed E-state index contributed by atoms with van der Waals surface area (Å²) in [5.74, 6) is 1.79. The van der Waals surface area contributed by atoms with Gasteiger partial charge in [0, 0.05) is 25.8 Å². The highest BCUT2D eigenvalue weighted by Crippen LogP contribution is 2.27. The van der Waals surface area contributed by atoms with Gasteiger partial charge in [0.25, 0.3) is 0 Å². The first-order valence-electron chi connectivity index (χ1n) is 6.59. The molecule has 2 fully saturated rings. The maximum atomic E-state index is 5.44. The first kappa shape index (κ1) is 11.4. The summed E-state index contributed by atoms with van der Waals surface area (Å²) in [4.78, 5) is 2.73. The quantitative estimate of drug-likeness (QED) is 0.696. The molecule has 2 aliphatic heterocycles. The van der Waals surface area contributed by atoms with Crippen molar-refractivity contribution >= 4 is 0 Å². The van der Waals surface area contributed by atoms with Crippen molar-refractivity contribution in [3.8, 4) is 0 Å². The van der Waals surface area contributed by atoms with Gasteiger partial charge in [0.1, 0.15) is 0 Å². The van der Waals surface area contributed by atoms with E-state index in [9.17, 15) is 0 Å². The Morgan fingerprint density at radius 2 is 1.87 bits per heavy atom. The molecular weight excluding hydrogens is 186 g/mol. The van der Waals surface area contributed by atoms with Crippen molar-refractivity contribution < 1.29 is 4.74 Å². The van der Waals surface area contributed by atoms with E-state index in [4.69, 9.17) is 4.74 Å². The number of hydrogen-bond acceptors (Lipinski definition) is 2. The predicted molar refractivity (Wildman–Crippen MR) is 63.0 cm³/mol. The number of piperidine rings is 1. The lowest BCUT2D eigenvalue weighted by molar-refractivity contribution is 0.0129.